The number of unbranched alkanes of at least 4 members (excludes halogenated alkanes) is 3. The highest BCUT2D eigenvalue weighted by Crippen LogP contribution is 2.01. The predicted octanol–water partition coefficient (Wildman–Crippen LogP) is 1.29. The summed E-state index contributed by atoms with van der Waals surface area (Å²) in [4.78, 5) is 2.47. The summed E-state index contributed by atoms with van der Waals surface area (Å²) in [5.74, 6) is 0.193. The standard InChI is InChI=1S/C6H15N3O2SSi/c1-2-3-4-5-6-12(10,11)13-9-8-7/h2-6,13H2,1H3. The molecule has 0 aromatic rings. The normalized spacial score (nSPS) is 11.8. The molecular formula is C6H15N3O2SSi. The third-order valence-electron chi connectivity index (χ3n) is 1.63. The van der Waals surface area contributed by atoms with Gasteiger partial charge in [-0.1, -0.05) is 26.2 Å². The predicted molar refractivity (Wildman–Crippen MR) is 55.6 cm³/mol. The van der Waals surface area contributed by atoms with Gasteiger partial charge in [-0.3, -0.25) is 0 Å². The molecule has 0 fully saturated rings. The molecule has 0 aromatic carbocycles. The zero-order valence-corrected chi connectivity index (χ0v) is 10.0. The summed E-state index contributed by atoms with van der Waals surface area (Å²) in [7, 11) is -4.62. The summed E-state index contributed by atoms with van der Waals surface area (Å²) in [5, 5.41) is 0. The van der Waals surface area contributed by atoms with Gasteiger partial charge in [-0.15, -0.1) is 4.78 Å². The average molecular weight is 221 g/mol. The van der Waals surface area contributed by atoms with Crippen LogP contribution < -0.4 is 0 Å². The zero-order chi connectivity index (χ0) is 10.2. The minimum atomic E-state index is -3.01. The molecule has 0 aromatic heterocycles. The SMILES string of the molecule is CCCCCCS(=O)(=O)[SiH2]N=[N+]=[N-]. The highest BCUT2D eigenvalue weighted by molar-refractivity contribution is 8.15. The van der Waals surface area contributed by atoms with E-state index in [1.807, 2.05) is 0 Å². The third kappa shape index (κ3) is 7.83. The van der Waals surface area contributed by atoms with Crippen molar-refractivity contribution in [3.05, 3.63) is 10.4 Å². The molecule has 0 aliphatic heterocycles. The summed E-state index contributed by atoms with van der Waals surface area (Å²) in [5.41, 5.74) is 7.97. The van der Waals surface area contributed by atoms with Crippen molar-refractivity contribution in [1.29, 1.82) is 0 Å². The van der Waals surface area contributed by atoms with E-state index in [2.05, 4.69) is 16.6 Å². The van der Waals surface area contributed by atoms with Crippen LogP contribution in [0.4, 0.5) is 0 Å². The van der Waals surface area contributed by atoms with E-state index in [-0.39, 0.29) is 5.75 Å². The molecule has 0 N–H and O–H groups in total. The highest BCUT2D eigenvalue weighted by atomic mass is 32.4. The maximum atomic E-state index is 11.1. The van der Waals surface area contributed by atoms with Gasteiger partial charge in [0.05, 0.1) is 0 Å². The quantitative estimate of drug-likeness (QED) is 0.213. The van der Waals surface area contributed by atoms with E-state index in [0.29, 0.717) is 6.42 Å². The lowest BCUT2D eigenvalue weighted by molar-refractivity contribution is 0.601. The van der Waals surface area contributed by atoms with Crippen molar-refractivity contribution in [1.82, 2.24) is 0 Å². The number of azide groups is 1. The molecule has 0 saturated carbocycles. The van der Waals surface area contributed by atoms with Gasteiger partial charge in [0.1, 0.15) is 9.29 Å². The molecule has 5 nitrogen and oxygen atoms in total. The van der Waals surface area contributed by atoms with Crippen molar-refractivity contribution in [3.63, 3.8) is 0 Å². The van der Waals surface area contributed by atoms with Crippen LogP contribution in [0, 0.1) is 0 Å². The third-order valence-corrected chi connectivity index (χ3v) is 5.57. The van der Waals surface area contributed by atoms with Gasteiger partial charge in [-0.25, -0.2) is 8.42 Å². The number of hydrogen-bond donors (Lipinski definition) is 0. The molecule has 0 radical (unpaired) electrons. The van der Waals surface area contributed by atoms with Crippen LogP contribution in [0.3, 0.4) is 0 Å². The Morgan fingerprint density at radius 1 is 1.38 bits per heavy atom. The Balaban J connectivity index is 3.70. The Kier molecular flexibility index (Phi) is 6.66. The first-order chi connectivity index (χ1) is 6.12. The Bertz CT molecular complexity index is 272. The topological polar surface area (TPSA) is 82.9 Å². The fraction of sp³-hybridized carbons (Fsp3) is 1.00. The van der Waals surface area contributed by atoms with Crippen molar-refractivity contribution >= 4 is 18.1 Å². The number of rotatable bonds is 7. The van der Waals surface area contributed by atoms with Crippen LogP contribution in [0.25, 0.3) is 10.4 Å². The van der Waals surface area contributed by atoms with Gasteiger partial charge in [0.25, 0.3) is 8.83 Å². The minimum absolute atomic E-state index is 0.193. The molecule has 0 bridgehead atoms. The molecule has 0 atom stereocenters. The molecule has 76 valence electrons. The Labute approximate surface area is 80.6 Å². The monoisotopic (exact) mass is 221 g/mol. The Hall–Kier alpha value is -0.523. The fourth-order valence-corrected chi connectivity index (χ4v) is 3.61. The van der Waals surface area contributed by atoms with Crippen LogP contribution in [0.2, 0.25) is 0 Å². The molecule has 0 amide bonds. The van der Waals surface area contributed by atoms with Gasteiger partial charge in [0.2, 0.25) is 0 Å². The minimum Gasteiger partial charge on any atom is -0.237 e. The van der Waals surface area contributed by atoms with E-state index >= 15 is 0 Å². The van der Waals surface area contributed by atoms with Gasteiger partial charge >= 0.3 is 0 Å². The lowest BCUT2D eigenvalue weighted by Gasteiger charge is -1.99. The molecule has 0 rings (SSSR count). The van der Waals surface area contributed by atoms with Gasteiger partial charge in [-0.05, 0) is 16.9 Å². The van der Waals surface area contributed by atoms with E-state index in [4.69, 9.17) is 5.53 Å². The largest absolute Gasteiger partial charge is 0.262 e. The molecule has 0 unspecified atom stereocenters. The summed E-state index contributed by atoms with van der Waals surface area (Å²) in [6, 6.07) is 0. The van der Waals surface area contributed by atoms with E-state index in [0.717, 1.165) is 19.3 Å². The van der Waals surface area contributed by atoms with E-state index in [9.17, 15) is 8.42 Å². The molecule has 0 saturated heterocycles. The van der Waals surface area contributed by atoms with Crippen molar-refractivity contribution in [3.8, 4) is 0 Å². The van der Waals surface area contributed by atoms with Crippen molar-refractivity contribution < 1.29 is 8.42 Å². The first kappa shape index (κ1) is 12.5. The second kappa shape index (κ2) is 6.94. The number of nitrogens with zero attached hydrogens (tertiary/aromatic N) is 3. The summed E-state index contributed by atoms with van der Waals surface area (Å²) >= 11 is 0. The molecule has 7 heteroatoms. The molecule has 0 spiro atoms. The van der Waals surface area contributed by atoms with Crippen LogP contribution in [0.5, 0.6) is 0 Å². The van der Waals surface area contributed by atoms with Gasteiger partial charge < -0.3 is 0 Å². The first-order valence-electron chi connectivity index (χ1n) is 4.33. The zero-order valence-electron chi connectivity index (χ0n) is 7.81. The second-order valence-electron chi connectivity index (χ2n) is 2.87. The van der Waals surface area contributed by atoms with Crippen molar-refractivity contribution in [2.75, 3.05) is 5.75 Å². The van der Waals surface area contributed by atoms with Crippen LogP contribution in [-0.4, -0.2) is 23.0 Å². The van der Waals surface area contributed by atoms with Crippen LogP contribution >= 0.6 is 0 Å². The smallest absolute Gasteiger partial charge is 0.237 e. The van der Waals surface area contributed by atoms with Gasteiger partial charge in [0.15, 0.2) is 0 Å². The van der Waals surface area contributed by atoms with E-state index < -0.39 is 18.1 Å². The van der Waals surface area contributed by atoms with Crippen molar-refractivity contribution in [2.24, 2.45) is 4.78 Å². The number of hydrogen-bond acceptors (Lipinski definition) is 3. The van der Waals surface area contributed by atoms with E-state index in [1.165, 1.54) is 0 Å². The Morgan fingerprint density at radius 3 is 2.62 bits per heavy atom. The maximum absolute atomic E-state index is 11.1. The van der Waals surface area contributed by atoms with E-state index in [1.54, 1.807) is 0 Å². The highest BCUT2D eigenvalue weighted by Gasteiger charge is 2.08. The summed E-state index contributed by atoms with van der Waals surface area (Å²) < 4.78 is 25.5. The van der Waals surface area contributed by atoms with Crippen LogP contribution in [0.15, 0.2) is 4.78 Å². The Morgan fingerprint density at radius 2 is 2.08 bits per heavy atom. The maximum Gasteiger partial charge on any atom is 0.262 e. The molecule has 0 aliphatic rings. The molecule has 13 heavy (non-hydrogen) atoms. The molecule has 0 heterocycles. The lowest BCUT2D eigenvalue weighted by atomic mass is 10.2. The molecular weight excluding hydrogens is 206 g/mol. The average Bonchev–Trinajstić information content (AvgIpc) is 2.09. The van der Waals surface area contributed by atoms with Crippen LogP contribution in [-0.2, 0) is 9.29 Å². The lowest BCUT2D eigenvalue weighted by Crippen LogP contribution is -2.12. The van der Waals surface area contributed by atoms with Gasteiger partial charge in [0, 0.05) is 5.75 Å². The first-order valence-corrected chi connectivity index (χ1v) is 8.52. The second-order valence-corrected chi connectivity index (χ2v) is 8.72. The van der Waals surface area contributed by atoms with Crippen molar-refractivity contribution in [2.45, 2.75) is 32.6 Å². The van der Waals surface area contributed by atoms with Crippen LogP contribution in [0.1, 0.15) is 32.6 Å². The van der Waals surface area contributed by atoms with Gasteiger partial charge in [-0.2, -0.15) is 0 Å². The summed E-state index contributed by atoms with van der Waals surface area (Å²) in [6.45, 7) is 2.07. The molecule has 0 aliphatic carbocycles. The fourth-order valence-electron chi connectivity index (χ4n) is 0.927. The summed E-state index contributed by atoms with van der Waals surface area (Å²) in [6.07, 6.45) is 3.80.